The molecule has 0 aliphatic heterocycles. The minimum absolute atomic E-state index is 0.102. The van der Waals surface area contributed by atoms with E-state index in [0.29, 0.717) is 6.61 Å². The SMILES string of the molecule is CCCON=C(CO)C(=O)OCC. The summed E-state index contributed by atoms with van der Waals surface area (Å²) in [5.41, 5.74) is -0.102. The lowest BCUT2D eigenvalue weighted by atomic mass is 10.4. The van der Waals surface area contributed by atoms with E-state index >= 15 is 0 Å². The predicted octanol–water partition coefficient (Wildman–Crippen LogP) is 0.324. The summed E-state index contributed by atoms with van der Waals surface area (Å²) in [6.07, 6.45) is 0.797. The molecule has 0 fully saturated rings. The zero-order valence-corrected chi connectivity index (χ0v) is 7.95. The van der Waals surface area contributed by atoms with Crippen LogP contribution in [0.25, 0.3) is 0 Å². The van der Waals surface area contributed by atoms with Crippen molar-refractivity contribution in [1.82, 2.24) is 0 Å². The molecule has 0 aromatic rings. The van der Waals surface area contributed by atoms with Crippen LogP contribution in [0.2, 0.25) is 0 Å². The fourth-order valence-corrected chi connectivity index (χ4v) is 0.560. The van der Waals surface area contributed by atoms with Crippen LogP contribution in [0.4, 0.5) is 0 Å². The molecule has 0 bridgehead atoms. The maximum Gasteiger partial charge on any atom is 0.358 e. The van der Waals surface area contributed by atoms with Crippen LogP contribution in [0.3, 0.4) is 0 Å². The number of carbonyl (C=O) groups excluding carboxylic acids is 1. The molecular weight excluding hydrogens is 174 g/mol. The first-order valence-corrected chi connectivity index (χ1v) is 4.23. The van der Waals surface area contributed by atoms with Crippen LogP contribution >= 0.6 is 0 Å². The van der Waals surface area contributed by atoms with Gasteiger partial charge < -0.3 is 14.7 Å². The van der Waals surface area contributed by atoms with Gasteiger partial charge in [0.05, 0.1) is 13.2 Å². The first-order valence-electron chi connectivity index (χ1n) is 4.23. The first kappa shape index (κ1) is 11.9. The van der Waals surface area contributed by atoms with E-state index in [-0.39, 0.29) is 12.3 Å². The second kappa shape index (κ2) is 7.54. The molecule has 0 aromatic carbocycles. The van der Waals surface area contributed by atoms with Crippen molar-refractivity contribution in [2.75, 3.05) is 19.8 Å². The number of ether oxygens (including phenoxy) is 1. The maximum atomic E-state index is 11.0. The molecule has 0 rings (SSSR count). The maximum absolute atomic E-state index is 11.0. The summed E-state index contributed by atoms with van der Waals surface area (Å²) < 4.78 is 4.62. The molecule has 0 radical (unpaired) electrons. The van der Waals surface area contributed by atoms with Crippen molar-refractivity contribution in [3.8, 4) is 0 Å². The Morgan fingerprint density at radius 3 is 2.62 bits per heavy atom. The first-order chi connectivity index (χ1) is 6.26. The number of rotatable bonds is 6. The number of hydrogen-bond acceptors (Lipinski definition) is 5. The number of oxime groups is 1. The van der Waals surface area contributed by atoms with E-state index in [9.17, 15) is 4.79 Å². The Morgan fingerprint density at radius 1 is 1.46 bits per heavy atom. The zero-order valence-electron chi connectivity index (χ0n) is 7.95. The summed E-state index contributed by atoms with van der Waals surface area (Å²) >= 11 is 0. The van der Waals surface area contributed by atoms with Gasteiger partial charge in [0.25, 0.3) is 0 Å². The number of esters is 1. The normalized spacial score (nSPS) is 11.2. The lowest BCUT2D eigenvalue weighted by molar-refractivity contribution is -0.135. The average Bonchev–Trinajstić information content (AvgIpc) is 2.13. The summed E-state index contributed by atoms with van der Waals surface area (Å²) in [5, 5.41) is 12.2. The van der Waals surface area contributed by atoms with Gasteiger partial charge in [-0.25, -0.2) is 4.79 Å². The molecule has 13 heavy (non-hydrogen) atoms. The molecule has 76 valence electrons. The van der Waals surface area contributed by atoms with Gasteiger partial charge in [0.2, 0.25) is 0 Å². The summed E-state index contributed by atoms with van der Waals surface area (Å²) in [6, 6.07) is 0. The molecule has 5 heteroatoms. The van der Waals surface area contributed by atoms with Crippen LogP contribution in [0.1, 0.15) is 20.3 Å². The summed E-state index contributed by atoms with van der Waals surface area (Å²) in [6.45, 7) is 3.80. The summed E-state index contributed by atoms with van der Waals surface area (Å²) in [7, 11) is 0. The molecule has 0 unspecified atom stereocenters. The predicted molar refractivity (Wildman–Crippen MR) is 47.4 cm³/mol. The largest absolute Gasteiger partial charge is 0.461 e. The Labute approximate surface area is 77.3 Å². The highest BCUT2D eigenvalue weighted by Gasteiger charge is 2.11. The minimum Gasteiger partial charge on any atom is -0.461 e. The molecular formula is C8H15NO4. The number of aliphatic hydroxyl groups excluding tert-OH is 1. The topological polar surface area (TPSA) is 68.1 Å². The Morgan fingerprint density at radius 2 is 2.15 bits per heavy atom. The Kier molecular flexibility index (Phi) is 6.91. The van der Waals surface area contributed by atoms with Gasteiger partial charge in [-0.15, -0.1) is 0 Å². The van der Waals surface area contributed by atoms with Crippen molar-refractivity contribution in [1.29, 1.82) is 0 Å². The molecule has 0 heterocycles. The standard InChI is InChI=1S/C8H15NO4/c1-3-5-13-9-7(6-10)8(11)12-4-2/h10H,3-6H2,1-2H3. The second-order valence-electron chi connectivity index (χ2n) is 2.25. The molecule has 0 aliphatic rings. The lowest BCUT2D eigenvalue weighted by Gasteiger charge is -2.02. The molecule has 0 saturated heterocycles. The highest BCUT2D eigenvalue weighted by molar-refractivity contribution is 6.36. The van der Waals surface area contributed by atoms with Gasteiger partial charge in [-0.05, 0) is 13.3 Å². The quantitative estimate of drug-likeness (QED) is 0.283. The smallest absolute Gasteiger partial charge is 0.358 e. The summed E-state index contributed by atoms with van der Waals surface area (Å²) in [4.78, 5) is 15.7. The molecule has 0 aliphatic carbocycles. The highest BCUT2D eigenvalue weighted by Crippen LogP contribution is 1.88. The molecule has 0 spiro atoms. The van der Waals surface area contributed by atoms with Gasteiger partial charge in [0.1, 0.15) is 6.61 Å². The Bertz CT molecular complexity index is 179. The monoisotopic (exact) mass is 189 g/mol. The van der Waals surface area contributed by atoms with E-state index in [2.05, 4.69) is 9.89 Å². The van der Waals surface area contributed by atoms with E-state index in [1.54, 1.807) is 6.92 Å². The average molecular weight is 189 g/mol. The molecule has 0 amide bonds. The van der Waals surface area contributed by atoms with Crippen LogP contribution in [0.15, 0.2) is 5.16 Å². The number of aliphatic hydroxyl groups is 1. The Balaban J connectivity index is 3.99. The number of hydrogen-bond donors (Lipinski definition) is 1. The van der Waals surface area contributed by atoms with Crippen LogP contribution in [0, 0.1) is 0 Å². The fraction of sp³-hybridized carbons (Fsp3) is 0.750. The third kappa shape index (κ3) is 5.19. The number of carbonyl (C=O) groups is 1. The number of nitrogens with zero attached hydrogens (tertiary/aromatic N) is 1. The molecule has 0 aromatic heterocycles. The van der Waals surface area contributed by atoms with Crippen LogP contribution in [-0.4, -0.2) is 36.6 Å². The van der Waals surface area contributed by atoms with Gasteiger partial charge in [0, 0.05) is 0 Å². The van der Waals surface area contributed by atoms with Crippen molar-refractivity contribution in [2.24, 2.45) is 5.16 Å². The van der Waals surface area contributed by atoms with Crippen molar-refractivity contribution < 1.29 is 19.5 Å². The second-order valence-corrected chi connectivity index (χ2v) is 2.25. The molecule has 1 N–H and O–H groups in total. The van der Waals surface area contributed by atoms with Crippen LogP contribution in [0.5, 0.6) is 0 Å². The lowest BCUT2D eigenvalue weighted by Crippen LogP contribution is -2.21. The van der Waals surface area contributed by atoms with Crippen LogP contribution < -0.4 is 0 Å². The molecule has 5 nitrogen and oxygen atoms in total. The fourth-order valence-electron chi connectivity index (χ4n) is 0.560. The van der Waals surface area contributed by atoms with Crippen molar-refractivity contribution in [3.05, 3.63) is 0 Å². The molecule has 0 saturated carbocycles. The Hall–Kier alpha value is -1.10. The zero-order chi connectivity index (χ0) is 10.1. The van der Waals surface area contributed by atoms with E-state index in [4.69, 9.17) is 9.94 Å². The van der Waals surface area contributed by atoms with Gasteiger partial charge in [-0.3, -0.25) is 0 Å². The van der Waals surface area contributed by atoms with Gasteiger partial charge >= 0.3 is 5.97 Å². The van der Waals surface area contributed by atoms with Crippen LogP contribution in [-0.2, 0) is 14.4 Å². The van der Waals surface area contributed by atoms with Gasteiger partial charge in [0.15, 0.2) is 5.71 Å². The summed E-state index contributed by atoms with van der Waals surface area (Å²) in [5.74, 6) is -0.638. The van der Waals surface area contributed by atoms with E-state index in [0.717, 1.165) is 6.42 Å². The van der Waals surface area contributed by atoms with E-state index in [1.807, 2.05) is 6.92 Å². The molecule has 0 atom stereocenters. The van der Waals surface area contributed by atoms with Crippen molar-refractivity contribution in [2.45, 2.75) is 20.3 Å². The van der Waals surface area contributed by atoms with Crippen molar-refractivity contribution in [3.63, 3.8) is 0 Å². The van der Waals surface area contributed by atoms with Crippen molar-refractivity contribution >= 4 is 11.7 Å². The van der Waals surface area contributed by atoms with E-state index < -0.39 is 12.6 Å². The van der Waals surface area contributed by atoms with Gasteiger partial charge in [-0.1, -0.05) is 12.1 Å². The highest BCUT2D eigenvalue weighted by atomic mass is 16.6. The van der Waals surface area contributed by atoms with Gasteiger partial charge in [-0.2, -0.15) is 0 Å². The third-order valence-corrected chi connectivity index (χ3v) is 1.13. The van der Waals surface area contributed by atoms with E-state index in [1.165, 1.54) is 0 Å². The minimum atomic E-state index is -0.638. The third-order valence-electron chi connectivity index (χ3n) is 1.13.